The van der Waals surface area contributed by atoms with Crippen LogP contribution in [0.5, 0.6) is 5.75 Å². The summed E-state index contributed by atoms with van der Waals surface area (Å²) in [6, 6.07) is 13.0. The number of benzene rings is 2. The van der Waals surface area contributed by atoms with Crippen LogP contribution in [-0.2, 0) is 11.2 Å². The van der Waals surface area contributed by atoms with Gasteiger partial charge >= 0.3 is 0 Å². The van der Waals surface area contributed by atoms with Crippen LogP contribution in [0.15, 0.2) is 48.7 Å². The van der Waals surface area contributed by atoms with Gasteiger partial charge in [0.25, 0.3) is 5.91 Å². The molecule has 0 aliphatic rings. The van der Waals surface area contributed by atoms with Gasteiger partial charge in [0.15, 0.2) is 6.10 Å². The van der Waals surface area contributed by atoms with E-state index in [1.807, 2.05) is 12.3 Å². The molecule has 1 aromatic heterocycles. The van der Waals surface area contributed by atoms with Crippen molar-refractivity contribution in [1.29, 1.82) is 0 Å². The molecule has 1 heterocycles. The molecule has 0 saturated carbocycles. The number of fused-ring (bicyclic) bond motifs is 1. The number of methoxy groups -OCH3 is 1. The zero-order valence-corrected chi connectivity index (χ0v) is 14.4. The minimum absolute atomic E-state index is 0.413. The van der Waals surface area contributed by atoms with E-state index in [0.29, 0.717) is 24.3 Å². The number of amides is 1. The van der Waals surface area contributed by atoms with Crippen molar-refractivity contribution < 1.29 is 14.6 Å². The van der Waals surface area contributed by atoms with Crippen LogP contribution in [0.2, 0.25) is 0 Å². The van der Waals surface area contributed by atoms with Crippen molar-refractivity contribution in [1.82, 2.24) is 10.3 Å². The van der Waals surface area contributed by atoms with Crippen LogP contribution < -0.4 is 10.1 Å². The van der Waals surface area contributed by atoms with Gasteiger partial charge in [-0.15, -0.1) is 0 Å². The number of para-hydroxylation sites is 1. The Morgan fingerprint density at radius 2 is 2.08 bits per heavy atom. The van der Waals surface area contributed by atoms with Crippen molar-refractivity contribution >= 4 is 16.8 Å². The number of aromatic nitrogens is 1. The second-order valence-electron chi connectivity index (χ2n) is 6.03. The minimum atomic E-state index is -1.21. The van der Waals surface area contributed by atoms with Gasteiger partial charge in [0.1, 0.15) is 5.75 Å². The molecule has 0 aliphatic heterocycles. The Kier molecular flexibility index (Phi) is 5.05. The van der Waals surface area contributed by atoms with Crippen LogP contribution in [0.4, 0.5) is 0 Å². The van der Waals surface area contributed by atoms with Gasteiger partial charge < -0.3 is 20.1 Å². The maximum absolute atomic E-state index is 12.2. The Labute approximate surface area is 146 Å². The fourth-order valence-electron chi connectivity index (χ4n) is 2.95. The SMILES string of the molecule is COc1cccc(C(O)C(=O)NCCc2c[nH]c3c(C)cccc23)c1. The van der Waals surface area contributed by atoms with E-state index >= 15 is 0 Å². The molecule has 1 atom stereocenters. The van der Waals surface area contributed by atoms with E-state index < -0.39 is 12.0 Å². The van der Waals surface area contributed by atoms with Gasteiger partial charge in [-0.3, -0.25) is 4.79 Å². The van der Waals surface area contributed by atoms with E-state index in [1.165, 1.54) is 10.9 Å². The Hall–Kier alpha value is -2.79. The van der Waals surface area contributed by atoms with Crippen molar-refractivity contribution in [2.45, 2.75) is 19.4 Å². The van der Waals surface area contributed by atoms with Crippen molar-refractivity contribution in [3.8, 4) is 5.75 Å². The van der Waals surface area contributed by atoms with E-state index in [-0.39, 0.29) is 0 Å². The number of ether oxygens (including phenoxy) is 1. The largest absolute Gasteiger partial charge is 0.497 e. The second-order valence-corrected chi connectivity index (χ2v) is 6.03. The molecular weight excluding hydrogens is 316 g/mol. The zero-order valence-electron chi connectivity index (χ0n) is 14.4. The number of carbonyl (C=O) groups is 1. The smallest absolute Gasteiger partial charge is 0.253 e. The molecule has 0 spiro atoms. The summed E-state index contributed by atoms with van der Waals surface area (Å²) in [5.74, 6) is 0.197. The average molecular weight is 338 g/mol. The third-order valence-electron chi connectivity index (χ3n) is 4.36. The molecule has 0 radical (unpaired) electrons. The minimum Gasteiger partial charge on any atom is -0.497 e. The molecule has 130 valence electrons. The van der Waals surface area contributed by atoms with Gasteiger partial charge in [-0.05, 0) is 42.2 Å². The second kappa shape index (κ2) is 7.40. The molecule has 1 amide bonds. The third kappa shape index (κ3) is 3.67. The molecule has 0 fully saturated rings. The number of carbonyl (C=O) groups excluding carboxylic acids is 1. The topological polar surface area (TPSA) is 74.3 Å². The van der Waals surface area contributed by atoms with Gasteiger partial charge in [-0.25, -0.2) is 0 Å². The molecule has 3 rings (SSSR count). The average Bonchev–Trinajstić information content (AvgIpc) is 3.05. The highest BCUT2D eigenvalue weighted by Gasteiger charge is 2.17. The fourth-order valence-corrected chi connectivity index (χ4v) is 2.95. The Bertz CT molecular complexity index is 886. The van der Waals surface area contributed by atoms with E-state index in [9.17, 15) is 9.90 Å². The number of rotatable bonds is 6. The Morgan fingerprint density at radius 3 is 2.88 bits per heavy atom. The van der Waals surface area contributed by atoms with Crippen molar-refractivity contribution in [3.63, 3.8) is 0 Å². The molecule has 5 nitrogen and oxygen atoms in total. The molecular formula is C20H22N2O3. The first-order valence-corrected chi connectivity index (χ1v) is 8.25. The van der Waals surface area contributed by atoms with Crippen molar-refractivity contribution in [2.24, 2.45) is 0 Å². The summed E-state index contributed by atoms with van der Waals surface area (Å²) in [5, 5.41) is 14.2. The third-order valence-corrected chi connectivity index (χ3v) is 4.36. The summed E-state index contributed by atoms with van der Waals surface area (Å²) >= 11 is 0. The maximum Gasteiger partial charge on any atom is 0.253 e. The molecule has 0 saturated heterocycles. The summed E-state index contributed by atoms with van der Waals surface area (Å²) in [6.07, 6.45) is 1.46. The number of H-pyrrole nitrogens is 1. The van der Waals surface area contributed by atoms with E-state index in [0.717, 1.165) is 11.1 Å². The first-order chi connectivity index (χ1) is 12.1. The van der Waals surface area contributed by atoms with Crippen LogP contribution in [0.1, 0.15) is 22.8 Å². The van der Waals surface area contributed by atoms with E-state index in [4.69, 9.17) is 4.74 Å². The molecule has 1 unspecified atom stereocenters. The monoisotopic (exact) mass is 338 g/mol. The van der Waals surface area contributed by atoms with Gasteiger partial charge in [0, 0.05) is 23.6 Å². The number of aliphatic hydroxyl groups excluding tert-OH is 1. The maximum atomic E-state index is 12.2. The molecule has 3 aromatic rings. The summed E-state index contributed by atoms with van der Waals surface area (Å²) in [7, 11) is 1.55. The lowest BCUT2D eigenvalue weighted by atomic mass is 10.1. The fraction of sp³-hybridized carbons (Fsp3) is 0.250. The molecule has 0 aliphatic carbocycles. The van der Waals surface area contributed by atoms with Crippen LogP contribution in [0, 0.1) is 6.92 Å². The zero-order chi connectivity index (χ0) is 17.8. The van der Waals surface area contributed by atoms with Gasteiger partial charge in [-0.1, -0.05) is 30.3 Å². The van der Waals surface area contributed by atoms with Crippen LogP contribution >= 0.6 is 0 Å². The first kappa shape index (κ1) is 17.0. The summed E-state index contributed by atoms with van der Waals surface area (Å²) in [4.78, 5) is 15.5. The molecule has 5 heteroatoms. The van der Waals surface area contributed by atoms with Crippen molar-refractivity contribution in [2.75, 3.05) is 13.7 Å². The van der Waals surface area contributed by atoms with Gasteiger partial charge in [0.2, 0.25) is 0 Å². The van der Waals surface area contributed by atoms with Crippen LogP contribution in [-0.4, -0.2) is 29.7 Å². The highest BCUT2D eigenvalue weighted by molar-refractivity contribution is 5.86. The highest BCUT2D eigenvalue weighted by atomic mass is 16.5. The lowest BCUT2D eigenvalue weighted by Crippen LogP contribution is -2.30. The molecule has 25 heavy (non-hydrogen) atoms. The predicted molar refractivity (Wildman–Crippen MR) is 97.7 cm³/mol. The number of aromatic amines is 1. The number of hydrogen-bond acceptors (Lipinski definition) is 3. The molecule has 0 bridgehead atoms. The number of hydrogen-bond donors (Lipinski definition) is 3. The van der Waals surface area contributed by atoms with Crippen molar-refractivity contribution in [3.05, 3.63) is 65.4 Å². The Morgan fingerprint density at radius 1 is 1.28 bits per heavy atom. The summed E-state index contributed by atoms with van der Waals surface area (Å²) < 4.78 is 5.12. The predicted octanol–water partition coefficient (Wildman–Crippen LogP) is 2.88. The number of aryl methyl sites for hydroxylation is 1. The number of nitrogens with one attached hydrogen (secondary N) is 2. The number of aliphatic hydroxyl groups is 1. The van der Waals surface area contributed by atoms with Gasteiger partial charge in [-0.2, -0.15) is 0 Å². The van der Waals surface area contributed by atoms with Crippen LogP contribution in [0.3, 0.4) is 0 Å². The van der Waals surface area contributed by atoms with E-state index in [1.54, 1.807) is 31.4 Å². The lowest BCUT2D eigenvalue weighted by molar-refractivity contribution is -0.129. The Balaban J connectivity index is 1.61. The highest BCUT2D eigenvalue weighted by Crippen LogP contribution is 2.22. The van der Waals surface area contributed by atoms with E-state index in [2.05, 4.69) is 29.4 Å². The molecule has 2 aromatic carbocycles. The normalized spacial score (nSPS) is 12.1. The van der Waals surface area contributed by atoms with Crippen LogP contribution in [0.25, 0.3) is 10.9 Å². The lowest BCUT2D eigenvalue weighted by Gasteiger charge is -2.12. The van der Waals surface area contributed by atoms with Gasteiger partial charge in [0.05, 0.1) is 7.11 Å². The summed E-state index contributed by atoms with van der Waals surface area (Å²) in [5.41, 5.74) is 3.98. The standard InChI is InChI=1S/C20H22N2O3/c1-13-5-3-8-17-15(12-22-18(13)17)9-10-21-20(24)19(23)14-6-4-7-16(11-14)25-2/h3-8,11-12,19,22-23H,9-10H2,1-2H3,(H,21,24). The first-order valence-electron chi connectivity index (χ1n) is 8.25. The molecule has 3 N–H and O–H groups in total. The summed E-state index contributed by atoms with van der Waals surface area (Å²) in [6.45, 7) is 2.52. The quantitative estimate of drug-likeness (QED) is 0.647.